The third-order valence-electron chi connectivity index (χ3n) is 1.90. The van der Waals surface area contributed by atoms with Crippen LogP contribution in [0.2, 0.25) is 5.02 Å². The van der Waals surface area contributed by atoms with E-state index in [-0.39, 0.29) is 0 Å². The van der Waals surface area contributed by atoms with Crippen LogP contribution in [-0.4, -0.2) is 36.8 Å². The van der Waals surface area contributed by atoms with Gasteiger partial charge in [-0.15, -0.1) is 0 Å². The minimum atomic E-state index is 0.527. The van der Waals surface area contributed by atoms with E-state index in [2.05, 4.69) is 20.6 Å². The minimum Gasteiger partial charge on any atom is -0.385 e. The lowest BCUT2D eigenvalue weighted by Gasteiger charge is -2.08. The highest BCUT2D eigenvalue weighted by molar-refractivity contribution is 6.32. The van der Waals surface area contributed by atoms with Gasteiger partial charge in [0.2, 0.25) is 5.95 Å². The molecule has 0 saturated carbocycles. The molecule has 6 heteroatoms. The fourth-order valence-electron chi connectivity index (χ4n) is 1.16. The molecule has 0 bridgehead atoms. The van der Waals surface area contributed by atoms with Crippen LogP contribution < -0.4 is 10.6 Å². The van der Waals surface area contributed by atoms with Gasteiger partial charge >= 0.3 is 0 Å². The number of ether oxygens (including phenoxy) is 1. The fourth-order valence-corrected chi connectivity index (χ4v) is 1.32. The van der Waals surface area contributed by atoms with Crippen LogP contribution in [0.3, 0.4) is 0 Å². The summed E-state index contributed by atoms with van der Waals surface area (Å²) in [5, 5.41) is 6.70. The van der Waals surface area contributed by atoms with Crippen molar-refractivity contribution in [2.75, 3.05) is 37.4 Å². The normalized spacial score (nSPS) is 10.2. The molecule has 2 N–H and O–H groups in total. The predicted octanol–water partition coefficient (Wildman–Crippen LogP) is 2.01. The van der Waals surface area contributed by atoms with Gasteiger partial charge in [0.15, 0.2) is 0 Å². The van der Waals surface area contributed by atoms with E-state index < -0.39 is 0 Å². The van der Waals surface area contributed by atoms with E-state index in [1.807, 2.05) is 6.92 Å². The second-order valence-corrected chi connectivity index (χ2v) is 3.60. The second kappa shape index (κ2) is 7.24. The van der Waals surface area contributed by atoms with E-state index in [0.29, 0.717) is 16.8 Å². The summed E-state index contributed by atoms with van der Waals surface area (Å²) in [6.45, 7) is 4.26. The Balaban J connectivity index is 2.52. The van der Waals surface area contributed by atoms with Gasteiger partial charge in [-0.25, -0.2) is 4.98 Å². The Kier molecular flexibility index (Phi) is 5.88. The van der Waals surface area contributed by atoms with Crippen LogP contribution in [0.1, 0.15) is 13.3 Å². The van der Waals surface area contributed by atoms with E-state index in [1.165, 1.54) is 0 Å². The lowest BCUT2D eigenvalue weighted by Crippen LogP contribution is -2.09. The predicted molar refractivity (Wildman–Crippen MR) is 66.2 cm³/mol. The average Bonchev–Trinajstić information content (AvgIpc) is 2.29. The number of aromatic nitrogens is 2. The number of methoxy groups -OCH3 is 1. The smallest absolute Gasteiger partial charge is 0.224 e. The molecule has 1 heterocycles. The number of hydrogen-bond acceptors (Lipinski definition) is 5. The molecule has 1 aromatic heterocycles. The van der Waals surface area contributed by atoms with Gasteiger partial charge in [0.25, 0.3) is 0 Å². The highest BCUT2D eigenvalue weighted by Crippen LogP contribution is 2.18. The highest BCUT2D eigenvalue weighted by Gasteiger charge is 2.03. The topological polar surface area (TPSA) is 59.1 Å². The largest absolute Gasteiger partial charge is 0.385 e. The molecule has 5 nitrogen and oxygen atoms in total. The van der Waals surface area contributed by atoms with Crippen LogP contribution in [0.15, 0.2) is 6.20 Å². The Morgan fingerprint density at radius 3 is 2.94 bits per heavy atom. The van der Waals surface area contributed by atoms with Gasteiger partial charge in [-0.2, -0.15) is 4.98 Å². The van der Waals surface area contributed by atoms with Crippen LogP contribution in [0.25, 0.3) is 0 Å². The molecule has 0 spiro atoms. The molecule has 1 rings (SSSR count). The molecule has 0 aliphatic carbocycles. The number of nitrogens with one attached hydrogen (secondary N) is 2. The van der Waals surface area contributed by atoms with E-state index in [9.17, 15) is 0 Å². The van der Waals surface area contributed by atoms with Gasteiger partial charge in [0.05, 0.1) is 6.20 Å². The minimum absolute atomic E-state index is 0.527. The molecule has 16 heavy (non-hydrogen) atoms. The number of hydrogen-bond donors (Lipinski definition) is 2. The zero-order chi connectivity index (χ0) is 11.8. The molecule has 0 aromatic carbocycles. The first-order valence-electron chi connectivity index (χ1n) is 5.27. The molecule has 1 aromatic rings. The monoisotopic (exact) mass is 244 g/mol. The molecule has 90 valence electrons. The summed E-state index contributed by atoms with van der Waals surface area (Å²) in [6.07, 6.45) is 2.50. The van der Waals surface area contributed by atoms with E-state index in [1.54, 1.807) is 13.3 Å². The van der Waals surface area contributed by atoms with Crippen molar-refractivity contribution in [2.45, 2.75) is 13.3 Å². The van der Waals surface area contributed by atoms with Gasteiger partial charge in [-0.05, 0) is 13.3 Å². The van der Waals surface area contributed by atoms with E-state index >= 15 is 0 Å². The molecule has 0 radical (unpaired) electrons. The fraction of sp³-hybridized carbons (Fsp3) is 0.600. The van der Waals surface area contributed by atoms with Crippen molar-refractivity contribution in [3.63, 3.8) is 0 Å². The summed E-state index contributed by atoms with van der Waals surface area (Å²) in [7, 11) is 1.68. The number of anilines is 2. The third kappa shape index (κ3) is 4.20. The van der Waals surface area contributed by atoms with Crippen molar-refractivity contribution in [2.24, 2.45) is 0 Å². The maximum atomic E-state index is 5.96. The Morgan fingerprint density at radius 1 is 1.44 bits per heavy atom. The average molecular weight is 245 g/mol. The first kappa shape index (κ1) is 13.0. The van der Waals surface area contributed by atoms with Crippen molar-refractivity contribution in [3.8, 4) is 0 Å². The van der Waals surface area contributed by atoms with Crippen molar-refractivity contribution >= 4 is 23.4 Å². The summed E-state index contributed by atoms with van der Waals surface area (Å²) >= 11 is 5.96. The quantitative estimate of drug-likeness (QED) is 0.719. The summed E-state index contributed by atoms with van der Waals surface area (Å²) in [5.74, 6) is 1.24. The van der Waals surface area contributed by atoms with Crippen molar-refractivity contribution in [3.05, 3.63) is 11.2 Å². The van der Waals surface area contributed by atoms with E-state index in [4.69, 9.17) is 16.3 Å². The summed E-state index contributed by atoms with van der Waals surface area (Å²) in [6, 6.07) is 0. The standard InChI is InChI=1S/C10H17ClN4O/c1-3-12-10-14-7-8(11)9(15-10)13-5-4-6-16-2/h7H,3-6H2,1-2H3,(H2,12,13,14,15). The molecule has 0 saturated heterocycles. The van der Waals surface area contributed by atoms with Gasteiger partial charge in [-0.3, -0.25) is 0 Å². The van der Waals surface area contributed by atoms with Gasteiger partial charge in [0.1, 0.15) is 10.8 Å². The molecule has 0 atom stereocenters. The number of halogens is 1. The first-order valence-corrected chi connectivity index (χ1v) is 5.65. The Labute approximate surface area is 101 Å². The van der Waals surface area contributed by atoms with Gasteiger partial charge in [-0.1, -0.05) is 11.6 Å². The van der Waals surface area contributed by atoms with Crippen molar-refractivity contribution in [1.82, 2.24) is 9.97 Å². The van der Waals surface area contributed by atoms with Crippen molar-refractivity contribution in [1.29, 1.82) is 0 Å². The molecule has 0 amide bonds. The SMILES string of the molecule is CCNc1ncc(Cl)c(NCCCOC)n1. The zero-order valence-electron chi connectivity index (χ0n) is 9.59. The Hall–Kier alpha value is -1.07. The second-order valence-electron chi connectivity index (χ2n) is 3.19. The van der Waals surface area contributed by atoms with Crippen LogP contribution in [0, 0.1) is 0 Å². The van der Waals surface area contributed by atoms with Crippen LogP contribution in [0.4, 0.5) is 11.8 Å². The lowest BCUT2D eigenvalue weighted by molar-refractivity contribution is 0.198. The van der Waals surface area contributed by atoms with Crippen LogP contribution in [-0.2, 0) is 4.74 Å². The molecular weight excluding hydrogens is 228 g/mol. The van der Waals surface area contributed by atoms with Gasteiger partial charge < -0.3 is 15.4 Å². The summed E-state index contributed by atoms with van der Waals surface area (Å²) in [5.41, 5.74) is 0. The molecule has 0 aliphatic rings. The Bertz CT molecular complexity index is 322. The maximum absolute atomic E-state index is 5.96. The molecular formula is C10H17ClN4O. The van der Waals surface area contributed by atoms with E-state index in [0.717, 1.165) is 26.1 Å². The van der Waals surface area contributed by atoms with Gasteiger partial charge in [0, 0.05) is 26.8 Å². The molecule has 0 fully saturated rings. The number of rotatable bonds is 7. The molecule has 0 aliphatic heterocycles. The lowest BCUT2D eigenvalue weighted by atomic mass is 10.4. The first-order chi connectivity index (χ1) is 7.77. The third-order valence-corrected chi connectivity index (χ3v) is 2.17. The highest BCUT2D eigenvalue weighted by atomic mass is 35.5. The van der Waals surface area contributed by atoms with Crippen LogP contribution >= 0.6 is 11.6 Å². The molecule has 0 unspecified atom stereocenters. The summed E-state index contributed by atoms with van der Waals surface area (Å²) in [4.78, 5) is 8.31. The zero-order valence-corrected chi connectivity index (χ0v) is 10.3. The van der Waals surface area contributed by atoms with Crippen molar-refractivity contribution < 1.29 is 4.74 Å². The summed E-state index contributed by atoms with van der Waals surface area (Å²) < 4.78 is 4.95. The number of nitrogens with zero attached hydrogens (tertiary/aromatic N) is 2. The van der Waals surface area contributed by atoms with Crippen LogP contribution in [0.5, 0.6) is 0 Å². The Morgan fingerprint density at radius 2 is 2.25 bits per heavy atom. The maximum Gasteiger partial charge on any atom is 0.224 e.